The van der Waals surface area contributed by atoms with Crippen LogP contribution in [0.2, 0.25) is 0 Å². The second kappa shape index (κ2) is 4.28. The van der Waals surface area contributed by atoms with Crippen molar-refractivity contribution in [1.29, 1.82) is 0 Å². The van der Waals surface area contributed by atoms with Crippen LogP contribution in [0.1, 0.15) is 16.3 Å². The Morgan fingerprint density at radius 3 is 2.88 bits per heavy atom. The third kappa shape index (κ3) is 2.27. The predicted molar refractivity (Wildman–Crippen MR) is 60.5 cm³/mol. The Hall–Kier alpha value is -2.31. The lowest BCUT2D eigenvalue weighted by molar-refractivity contribution is 0.0690. The first-order chi connectivity index (χ1) is 8.08. The van der Waals surface area contributed by atoms with Gasteiger partial charge in [0, 0.05) is 38.6 Å². The molecular weight excluding hydrogens is 222 g/mol. The molecule has 0 aromatic carbocycles. The maximum absolute atomic E-state index is 10.7. The normalized spacial score (nSPS) is 10.6. The number of carboxylic acids is 1. The van der Waals surface area contributed by atoms with Gasteiger partial charge in [0.2, 0.25) is 0 Å². The van der Waals surface area contributed by atoms with E-state index in [1.165, 1.54) is 10.9 Å². The molecule has 0 saturated carbocycles. The fraction of sp³-hybridized carbons (Fsp3) is 0.300. The number of rotatable bonds is 4. The third-order valence-corrected chi connectivity index (χ3v) is 2.48. The number of hydrogen-bond acceptors (Lipinski definition) is 4. The summed E-state index contributed by atoms with van der Waals surface area (Å²) in [5.41, 5.74) is 5.61. The predicted octanol–water partition coefficient (Wildman–Crippen LogP) is 0.140. The lowest BCUT2D eigenvalue weighted by atomic mass is 10.4. The molecule has 0 atom stereocenters. The molecule has 0 fully saturated rings. The van der Waals surface area contributed by atoms with E-state index < -0.39 is 5.97 Å². The highest BCUT2D eigenvalue weighted by Crippen LogP contribution is 2.09. The molecule has 2 aromatic heterocycles. The zero-order valence-electron chi connectivity index (χ0n) is 9.37. The summed E-state index contributed by atoms with van der Waals surface area (Å²) < 4.78 is 3.43. The van der Waals surface area contributed by atoms with Gasteiger partial charge in [-0.15, -0.1) is 0 Å². The summed E-state index contributed by atoms with van der Waals surface area (Å²) in [6, 6.07) is 0. The van der Waals surface area contributed by atoms with Gasteiger partial charge in [-0.05, 0) is 0 Å². The summed E-state index contributed by atoms with van der Waals surface area (Å²) in [7, 11) is 1.91. The first-order valence-corrected chi connectivity index (χ1v) is 5.10. The minimum Gasteiger partial charge on any atom is -0.476 e. The average molecular weight is 235 g/mol. The van der Waals surface area contributed by atoms with Crippen LogP contribution in [0.4, 0.5) is 5.69 Å². The van der Waals surface area contributed by atoms with Crippen molar-refractivity contribution in [1.82, 2.24) is 19.3 Å². The monoisotopic (exact) mass is 235 g/mol. The molecule has 2 heterocycles. The van der Waals surface area contributed by atoms with Gasteiger partial charge in [0.05, 0.1) is 5.69 Å². The Morgan fingerprint density at radius 2 is 2.35 bits per heavy atom. The lowest BCUT2D eigenvalue weighted by Crippen LogP contribution is -2.07. The van der Waals surface area contributed by atoms with Gasteiger partial charge in [-0.3, -0.25) is 4.68 Å². The van der Waals surface area contributed by atoms with Gasteiger partial charge in [0.25, 0.3) is 0 Å². The number of nitrogens with two attached hydrogens (primary N) is 1. The first-order valence-electron chi connectivity index (χ1n) is 5.10. The van der Waals surface area contributed by atoms with Crippen LogP contribution in [0, 0.1) is 0 Å². The summed E-state index contributed by atoms with van der Waals surface area (Å²) in [6.07, 6.45) is 5.76. The van der Waals surface area contributed by atoms with Crippen molar-refractivity contribution in [3.8, 4) is 0 Å². The Balaban J connectivity index is 2.07. The van der Waals surface area contributed by atoms with Crippen LogP contribution >= 0.6 is 0 Å². The number of anilines is 1. The zero-order chi connectivity index (χ0) is 12.4. The molecule has 2 rings (SSSR count). The summed E-state index contributed by atoms with van der Waals surface area (Å²) in [5, 5.41) is 12.7. The van der Waals surface area contributed by atoms with Crippen LogP contribution in [0.15, 0.2) is 18.6 Å². The lowest BCUT2D eigenvalue weighted by Gasteiger charge is -2.01. The molecule has 0 aliphatic rings. The van der Waals surface area contributed by atoms with Crippen molar-refractivity contribution >= 4 is 11.7 Å². The highest BCUT2D eigenvalue weighted by molar-refractivity contribution is 5.91. The maximum atomic E-state index is 10.7. The molecular formula is C10H13N5O2. The molecule has 0 radical (unpaired) electrons. The van der Waals surface area contributed by atoms with E-state index in [1.807, 2.05) is 17.8 Å². The van der Waals surface area contributed by atoms with Crippen LogP contribution in [0.3, 0.4) is 0 Å². The molecule has 0 saturated heterocycles. The molecule has 0 aliphatic heterocycles. The van der Waals surface area contributed by atoms with Crippen molar-refractivity contribution in [2.45, 2.75) is 13.0 Å². The average Bonchev–Trinajstić information content (AvgIpc) is 2.82. The van der Waals surface area contributed by atoms with E-state index in [2.05, 4.69) is 10.1 Å². The molecule has 0 unspecified atom stereocenters. The molecule has 0 spiro atoms. The second-order valence-corrected chi connectivity index (χ2v) is 3.71. The van der Waals surface area contributed by atoms with Gasteiger partial charge in [-0.1, -0.05) is 0 Å². The number of hydrogen-bond donors (Lipinski definition) is 2. The van der Waals surface area contributed by atoms with E-state index in [0.29, 0.717) is 13.0 Å². The zero-order valence-corrected chi connectivity index (χ0v) is 9.37. The molecule has 7 heteroatoms. The quantitative estimate of drug-likeness (QED) is 0.785. The SMILES string of the molecule is Cn1ccnc1CCn1cc(N)c(C(=O)O)n1. The standard InChI is InChI=1S/C10H13N5O2/c1-14-5-3-12-8(14)2-4-15-6-7(11)9(13-15)10(16)17/h3,5-6H,2,4,11H2,1H3,(H,16,17). The van der Waals surface area contributed by atoms with E-state index in [4.69, 9.17) is 10.8 Å². The fourth-order valence-electron chi connectivity index (χ4n) is 1.57. The number of imidazole rings is 1. The molecule has 3 N–H and O–H groups in total. The summed E-state index contributed by atoms with van der Waals surface area (Å²) >= 11 is 0. The van der Waals surface area contributed by atoms with Crippen molar-refractivity contribution in [3.63, 3.8) is 0 Å². The van der Waals surface area contributed by atoms with E-state index in [0.717, 1.165) is 5.82 Å². The molecule has 0 bridgehead atoms. The molecule has 0 aliphatic carbocycles. The van der Waals surface area contributed by atoms with Crippen LogP contribution in [0.25, 0.3) is 0 Å². The van der Waals surface area contributed by atoms with Gasteiger partial charge in [-0.2, -0.15) is 5.10 Å². The highest BCUT2D eigenvalue weighted by atomic mass is 16.4. The number of nitrogen functional groups attached to an aromatic ring is 1. The molecule has 7 nitrogen and oxygen atoms in total. The number of carboxylic acid groups (broad SMARTS) is 1. The Kier molecular flexibility index (Phi) is 2.82. The summed E-state index contributed by atoms with van der Waals surface area (Å²) in [6.45, 7) is 0.544. The van der Waals surface area contributed by atoms with Gasteiger partial charge in [0.1, 0.15) is 5.82 Å². The molecule has 2 aromatic rings. The number of carbonyl (C=O) groups is 1. The number of aryl methyl sites for hydroxylation is 3. The van der Waals surface area contributed by atoms with Crippen molar-refractivity contribution in [2.24, 2.45) is 7.05 Å². The Labute approximate surface area is 97.5 Å². The van der Waals surface area contributed by atoms with E-state index in [-0.39, 0.29) is 11.4 Å². The molecule has 0 amide bonds. The number of aromatic carboxylic acids is 1. The first kappa shape index (κ1) is 11.2. The van der Waals surface area contributed by atoms with Crippen molar-refractivity contribution in [2.75, 3.05) is 5.73 Å². The minimum absolute atomic E-state index is 0.107. The van der Waals surface area contributed by atoms with Crippen molar-refractivity contribution < 1.29 is 9.90 Å². The Morgan fingerprint density at radius 1 is 1.59 bits per heavy atom. The summed E-state index contributed by atoms with van der Waals surface area (Å²) in [5.74, 6) is -0.200. The number of aromatic nitrogens is 4. The maximum Gasteiger partial charge on any atom is 0.358 e. The topological polar surface area (TPSA) is 99.0 Å². The van der Waals surface area contributed by atoms with Gasteiger partial charge < -0.3 is 15.4 Å². The second-order valence-electron chi connectivity index (χ2n) is 3.71. The van der Waals surface area contributed by atoms with Crippen molar-refractivity contribution in [3.05, 3.63) is 30.1 Å². The largest absolute Gasteiger partial charge is 0.476 e. The number of nitrogens with zero attached hydrogens (tertiary/aromatic N) is 4. The summed E-state index contributed by atoms with van der Waals surface area (Å²) in [4.78, 5) is 14.9. The van der Waals surface area contributed by atoms with E-state index in [9.17, 15) is 4.79 Å². The fourth-order valence-corrected chi connectivity index (χ4v) is 1.57. The van der Waals surface area contributed by atoms with Gasteiger partial charge >= 0.3 is 5.97 Å². The van der Waals surface area contributed by atoms with E-state index in [1.54, 1.807) is 6.20 Å². The van der Waals surface area contributed by atoms with Crippen LogP contribution in [0.5, 0.6) is 0 Å². The highest BCUT2D eigenvalue weighted by Gasteiger charge is 2.13. The van der Waals surface area contributed by atoms with Crippen LogP contribution in [-0.2, 0) is 20.0 Å². The third-order valence-electron chi connectivity index (χ3n) is 2.48. The van der Waals surface area contributed by atoms with Gasteiger partial charge in [-0.25, -0.2) is 9.78 Å². The molecule has 17 heavy (non-hydrogen) atoms. The Bertz CT molecular complexity index is 543. The van der Waals surface area contributed by atoms with Gasteiger partial charge in [0.15, 0.2) is 5.69 Å². The molecule has 90 valence electrons. The van der Waals surface area contributed by atoms with Crippen LogP contribution < -0.4 is 5.73 Å². The minimum atomic E-state index is -1.11. The van der Waals surface area contributed by atoms with Crippen LogP contribution in [-0.4, -0.2) is 30.4 Å². The smallest absolute Gasteiger partial charge is 0.358 e. The van der Waals surface area contributed by atoms with E-state index >= 15 is 0 Å².